The van der Waals surface area contributed by atoms with E-state index in [-0.39, 0.29) is 24.2 Å². The molecule has 0 heterocycles. The molecular weight excluding hydrogens is 268 g/mol. The molecule has 0 bridgehead atoms. The molecule has 2 atom stereocenters. The lowest BCUT2D eigenvalue weighted by Crippen LogP contribution is -2.35. The normalized spacial score (nSPS) is 21.8. The van der Waals surface area contributed by atoms with Crippen LogP contribution in [0.3, 0.4) is 0 Å². The average molecular weight is 290 g/mol. The van der Waals surface area contributed by atoms with Crippen molar-refractivity contribution in [1.82, 2.24) is 0 Å². The number of carboxylic acids is 1. The number of nitrogens with one attached hydrogen (secondary N) is 1. The number of hydrogen-bond acceptors (Lipinski definition) is 3. The topological polar surface area (TPSA) is 92.4 Å². The summed E-state index contributed by atoms with van der Waals surface area (Å²) in [4.78, 5) is 23.3. The molecule has 0 saturated heterocycles. The summed E-state index contributed by atoms with van der Waals surface area (Å²) in [6, 6.07) is 7.04. The molecule has 5 nitrogen and oxygen atoms in total. The molecule has 1 amide bonds. The van der Waals surface area contributed by atoms with E-state index in [0.717, 1.165) is 25.7 Å². The molecule has 21 heavy (non-hydrogen) atoms. The predicted molar refractivity (Wildman–Crippen MR) is 80.9 cm³/mol. The highest BCUT2D eigenvalue weighted by Crippen LogP contribution is 2.30. The fraction of sp³-hybridized carbons (Fsp3) is 0.500. The zero-order chi connectivity index (χ0) is 15.2. The van der Waals surface area contributed by atoms with Crippen LogP contribution in [0.15, 0.2) is 24.3 Å². The van der Waals surface area contributed by atoms with Crippen molar-refractivity contribution in [1.29, 1.82) is 0 Å². The van der Waals surface area contributed by atoms with Gasteiger partial charge in [-0.25, -0.2) is 0 Å². The summed E-state index contributed by atoms with van der Waals surface area (Å²) in [5.41, 5.74) is 6.98. The SMILES string of the molecule is NCC1CCCCC1C(=O)Nc1ccccc1CC(=O)O. The van der Waals surface area contributed by atoms with Crippen molar-refractivity contribution < 1.29 is 14.7 Å². The summed E-state index contributed by atoms with van der Waals surface area (Å²) >= 11 is 0. The Labute approximate surface area is 124 Å². The molecule has 2 rings (SSSR count). The first-order chi connectivity index (χ1) is 10.1. The Balaban J connectivity index is 2.10. The number of aliphatic carboxylic acids is 1. The van der Waals surface area contributed by atoms with E-state index < -0.39 is 5.97 Å². The number of carbonyl (C=O) groups excluding carboxylic acids is 1. The minimum atomic E-state index is -0.908. The number of hydrogen-bond donors (Lipinski definition) is 3. The molecule has 1 aromatic rings. The summed E-state index contributed by atoms with van der Waals surface area (Å²) < 4.78 is 0. The minimum absolute atomic E-state index is 0.0389. The lowest BCUT2D eigenvalue weighted by atomic mass is 9.78. The van der Waals surface area contributed by atoms with Gasteiger partial charge >= 0.3 is 5.97 Å². The summed E-state index contributed by atoms with van der Waals surface area (Å²) in [5.74, 6) is -0.788. The van der Waals surface area contributed by atoms with Crippen LogP contribution in [0.4, 0.5) is 5.69 Å². The van der Waals surface area contributed by atoms with E-state index in [4.69, 9.17) is 10.8 Å². The lowest BCUT2D eigenvalue weighted by Gasteiger charge is -2.29. The Bertz CT molecular complexity index is 516. The van der Waals surface area contributed by atoms with E-state index in [9.17, 15) is 9.59 Å². The third kappa shape index (κ3) is 4.04. The van der Waals surface area contributed by atoms with Crippen LogP contribution in [0.25, 0.3) is 0 Å². The van der Waals surface area contributed by atoms with Crippen LogP contribution in [0.2, 0.25) is 0 Å². The maximum Gasteiger partial charge on any atom is 0.307 e. The van der Waals surface area contributed by atoms with Crippen molar-refractivity contribution in [2.75, 3.05) is 11.9 Å². The summed E-state index contributed by atoms with van der Waals surface area (Å²) in [6.07, 6.45) is 3.92. The van der Waals surface area contributed by atoms with Crippen LogP contribution < -0.4 is 11.1 Å². The number of anilines is 1. The first-order valence-electron chi connectivity index (χ1n) is 7.42. The van der Waals surface area contributed by atoms with Gasteiger partial charge in [0.25, 0.3) is 0 Å². The van der Waals surface area contributed by atoms with Gasteiger partial charge in [0.15, 0.2) is 0 Å². The first kappa shape index (κ1) is 15.5. The molecule has 5 heteroatoms. The van der Waals surface area contributed by atoms with E-state index >= 15 is 0 Å². The van der Waals surface area contributed by atoms with Gasteiger partial charge in [-0.1, -0.05) is 31.0 Å². The standard InChI is InChI=1S/C16H22N2O3/c17-10-12-6-1-3-7-13(12)16(21)18-14-8-4-2-5-11(14)9-15(19)20/h2,4-5,8,12-13H,1,3,6-7,9-10,17H2,(H,18,21)(H,19,20). The molecule has 1 aromatic carbocycles. The fourth-order valence-corrected chi connectivity index (χ4v) is 3.02. The quantitative estimate of drug-likeness (QED) is 0.773. The molecule has 0 aromatic heterocycles. The zero-order valence-electron chi connectivity index (χ0n) is 12.0. The third-order valence-corrected chi connectivity index (χ3v) is 4.17. The van der Waals surface area contributed by atoms with Crippen molar-refractivity contribution in [3.63, 3.8) is 0 Å². The van der Waals surface area contributed by atoms with Crippen molar-refractivity contribution >= 4 is 17.6 Å². The van der Waals surface area contributed by atoms with Crippen LogP contribution in [-0.4, -0.2) is 23.5 Å². The van der Waals surface area contributed by atoms with Gasteiger partial charge in [-0.15, -0.1) is 0 Å². The second kappa shape index (κ2) is 7.22. The average Bonchev–Trinajstić information content (AvgIpc) is 2.48. The first-order valence-corrected chi connectivity index (χ1v) is 7.42. The number of nitrogens with two attached hydrogens (primary N) is 1. The molecule has 0 radical (unpaired) electrons. The van der Waals surface area contributed by atoms with E-state index in [1.165, 1.54) is 0 Å². The molecule has 1 fully saturated rings. The van der Waals surface area contributed by atoms with Gasteiger partial charge in [-0.05, 0) is 36.9 Å². The molecule has 114 valence electrons. The number of carboxylic acid groups (broad SMARTS) is 1. The Morgan fingerprint density at radius 3 is 2.67 bits per heavy atom. The molecule has 4 N–H and O–H groups in total. The van der Waals surface area contributed by atoms with Crippen LogP contribution in [0.1, 0.15) is 31.2 Å². The number of para-hydroxylation sites is 1. The van der Waals surface area contributed by atoms with Gasteiger partial charge < -0.3 is 16.2 Å². The van der Waals surface area contributed by atoms with Crippen LogP contribution in [-0.2, 0) is 16.0 Å². The smallest absolute Gasteiger partial charge is 0.307 e. The highest BCUT2D eigenvalue weighted by atomic mass is 16.4. The second-order valence-corrected chi connectivity index (χ2v) is 5.60. The van der Waals surface area contributed by atoms with E-state index in [0.29, 0.717) is 17.8 Å². The van der Waals surface area contributed by atoms with Crippen molar-refractivity contribution in [3.8, 4) is 0 Å². The monoisotopic (exact) mass is 290 g/mol. The maximum absolute atomic E-state index is 12.5. The summed E-state index contributed by atoms with van der Waals surface area (Å²) in [6.45, 7) is 0.523. The van der Waals surface area contributed by atoms with Gasteiger partial charge in [0.05, 0.1) is 6.42 Å². The molecule has 1 aliphatic carbocycles. The predicted octanol–water partition coefficient (Wildman–Crippen LogP) is 2.02. The van der Waals surface area contributed by atoms with E-state index in [2.05, 4.69) is 5.32 Å². The lowest BCUT2D eigenvalue weighted by molar-refractivity contribution is -0.136. The fourth-order valence-electron chi connectivity index (χ4n) is 3.02. The Kier molecular flexibility index (Phi) is 5.33. The van der Waals surface area contributed by atoms with Gasteiger partial charge in [-0.3, -0.25) is 9.59 Å². The highest BCUT2D eigenvalue weighted by molar-refractivity contribution is 5.94. The number of benzene rings is 1. The Hall–Kier alpha value is -1.88. The van der Waals surface area contributed by atoms with Gasteiger partial charge in [0.2, 0.25) is 5.91 Å². The summed E-state index contributed by atoms with van der Waals surface area (Å²) in [5, 5.41) is 11.8. The molecule has 2 unspecified atom stereocenters. The van der Waals surface area contributed by atoms with Gasteiger partial charge in [0, 0.05) is 11.6 Å². The second-order valence-electron chi connectivity index (χ2n) is 5.60. The Morgan fingerprint density at radius 2 is 1.95 bits per heavy atom. The van der Waals surface area contributed by atoms with E-state index in [1.54, 1.807) is 24.3 Å². The maximum atomic E-state index is 12.5. The van der Waals surface area contributed by atoms with Crippen LogP contribution >= 0.6 is 0 Å². The molecule has 1 aliphatic rings. The summed E-state index contributed by atoms with van der Waals surface area (Å²) in [7, 11) is 0. The highest BCUT2D eigenvalue weighted by Gasteiger charge is 2.30. The molecule has 0 aliphatic heterocycles. The van der Waals surface area contributed by atoms with Crippen molar-refractivity contribution in [3.05, 3.63) is 29.8 Å². The third-order valence-electron chi connectivity index (χ3n) is 4.17. The van der Waals surface area contributed by atoms with Crippen LogP contribution in [0.5, 0.6) is 0 Å². The number of carbonyl (C=O) groups is 2. The van der Waals surface area contributed by atoms with Gasteiger partial charge in [0.1, 0.15) is 0 Å². The van der Waals surface area contributed by atoms with Gasteiger partial charge in [-0.2, -0.15) is 0 Å². The van der Waals surface area contributed by atoms with Crippen molar-refractivity contribution in [2.24, 2.45) is 17.6 Å². The van der Waals surface area contributed by atoms with Crippen molar-refractivity contribution in [2.45, 2.75) is 32.1 Å². The zero-order valence-corrected chi connectivity index (χ0v) is 12.0. The van der Waals surface area contributed by atoms with Crippen LogP contribution in [0, 0.1) is 11.8 Å². The number of rotatable bonds is 5. The Morgan fingerprint density at radius 1 is 1.24 bits per heavy atom. The number of amides is 1. The van der Waals surface area contributed by atoms with E-state index in [1.807, 2.05) is 0 Å². The molecule has 1 saturated carbocycles. The molecular formula is C16H22N2O3. The molecule has 0 spiro atoms. The minimum Gasteiger partial charge on any atom is -0.481 e. The largest absolute Gasteiger partial charge is 0.481 e.